The van der Waals surface area contributed by atoms with Crippen molar-refractivity contribution in [1.82, 2.24) is 0 Å². The van der Waals surface area contributed by atoms with Gasteiger partial charge < -0.3 is 4.74 Å². The second kappa shape index (κ2) is 5.48. The van der Waals surface area contributed by atoms with Gasteiger partial charge in [0.25, 0.3) is 5.54 Å². The Morgan fingerprint density at radius 3 is 2.28 bits per heavy atom. The summed E-state index contributed by atoms with van der Waals surface area (Å²) in [6, 6.07) is 6.90. The molecule has 0 spiro atoms. The normalized spacial score (nSPS) is 12.9. The summed E-state index contributed by atoms with van der Waals surface area (Å²) in [6.45, 7) is 4.10. The summed E-state index contributed by atoms with van der Waals surface area (Å²) in [5, 5.41) is 11.1. The number of esters is 1. The Kier molecular flexibility index (Phi) is 4.45. The van der Waals surface area contributed by atoms with Crippen molar-refractivity contribution in [3.8, 4) is 0 Å². The van der Waals surface area contributed by atoms with E-state index in [-0.39, 0.29) is 0 Å². The second-order valence-electron chi connectivity index (χ2n) is 4.45. The van der Waals surface area contributed by atoms with Gasteiger partial charge in [0.05, 0.1) is 0 Å². The summed E-state index contributed by atoms with van der Waals surface area (Å²) >= 11 is 3.28. The van der Waals surface area contributed by atoms with E-state index in [0.717, 1.165) is 4.47 Å². The molecule has 0 aromatic heterocycles. The van der Waals surface area contributed by atoms with Gasteiger partial charge in [-0.3, -0.25) is 14.9 Å². The maximum absolute atomic E-state index is 11.1. The van der Waals surface area contributed by atoms with Crippen molar-refractivity contribution in [2.45, 2.75) is 32.4 Å². The first-order valence-electron chi connectivity index (χ1n) is 5.32. The van der Waals surface area contributed by atoms with Gasteiger partial charge in [0, 0.05) is 30.2 Å². The number of nitrogens with zero attached hydrogens (tertiary/aromatic N) is 1. The molecular weight excluding hydrogens is 302 g/mol. The minimum atomic E-state index is -1.39. The molecule has 1 unspecified atom stereocenters. The summed E-state index contributed by atoms with van der Waals surface area (Å²) < 4.78 is 5.96. The third-order valence-corrected chi connectivity index (χ3v) is 3.10. The number of hydrogen-bond donors (Lipinski definition) is 0. The van der Waals surface area contributed by atoms with Crippen LogP contribution in [0.2, 0.25) is 0 Å². The van der Waals surface area contributed by atoms with Crippen LogP contribution in [-0.4, -0.2) is 16.4 Å². The van der Waals surface area contributed by atoms with Crippen molar-refractivity contribution >= 4 is 21.9 Å². The second-order valence-corrected chi connectivity index (χ2v) is 5.37. The smallest absolute Gasteiger partial charge is 0.303 e. The zero-order valence-corrected chi connectivity index (χ0v) is 11.9. The SMILES string of the molecule is CC(=O)OC(c1ccc(Br)cc1)C(C)(C)[N+](=O)[O-]. The summed E-state index contributed by atoms with van der Waals surface area (Å²) in [7, 11) is 0. The van der Waals surface area contributed by atoms with Gasteiger partial charge in [-0.2, -0.15) is 0 Å². The summed E-state index contributed by atoms with van der Waals surface area (Å²) in [6.07, 6.45) is -0.918. The highest BCUT2D eigenvalue weighted by Gasteiger charge is 2.44. The Bertz CT molecular complexity index is 456. The van der Waals surface area contributed by atoms with E-state index < -0.39 is 22.5 Å². The molecule has 0 aliphatic carbocycles. The molecule has 1 aromatic carbocycles. The topological polar surface area (TPSA) is 69.4 Å². The van der Waals surface area contributed by atoms with Crippen molar-refractivity contribution in [1.29, 1.82) is 0 Å². The van der Waals surface area contributed by atoms with Crippen molar-refractivity contribution in [2.75, 3.05) is 0 Å². The highest BCUT2D eigenvalue weighted by Crippen LogP contribution is 2.32. The Hall–Kier alpha value is -1.43. The minimum absolute atomic E-state index is 0.442. The zero-order valence-electron chi connectivity index (χ0n) is 10.3. The molecule has 1 aromatic rings. The molecule has 0 aliphatic rings. The van der Waals surface area contributed by atoms with Crippen molar-refractivity contribution in [2.24, 2.45) is 0 Å². The molecule has 0 fully saturated rings. The molecule has 0 saturated carbocycles. The van der Waals surface area contributed by atoms with E-state index >= 15 is 0 Å². The summed E-state index contributed by atoms with van der Waals surface area (Å²) in [5.74, 6) is -0.544. The predicted octanol–water partition coefficient (Wildman–Crippen LogP) is 3.11. The molecular formula is C12H14BrNO4. The van der Waals surface area contributed by atoms with Gasteiger partial charge in [-0.05, 0) is 17.7 Å². The number of halogens is 1. The molecule has 0 saturated heterocycles. The van der Waals surface area contributed by atoms with Crippen LogP contribution in [0, 0.1) is 10.1 Å². The molecule has 0 heterocycles. The van der Waals surface area contributed by atoms with Crippen LogP contribution in [0.5, 0.6) is 0 Å². The van der Waals surface area contributed by atoms with E-state index in [1.54, 1.807) is 24.3 Å². The molecule has 0 aliphatic heterocycles. The van der Waals surface area contributed by atoms with Gasteiger partial charge in [-0.1, -0.05) is 28.1 Å². The lowest BCUT2D eigenvalue weighted by atomic mass is 9.92. The van der Waals surface area contributed by atoms with E-state index in [9.17, 15) is 14.9 Å². The average Bonchev–Trinajstić information content (AvgIpc) is 2.26. The first-order chi connectivity index (χ1) is 8.25. The number of carbonyl (C=O) groups excluding carboxylic acids is 1. The summed E-state index contributed by atoms with van der Waals surface area (Å²) in [4.78, 5) is 21.8. The predicted molar refractivity (Wildman–Crippen MR) is 69.7 cm³/mol. The van der Waals surface area contributed by atoms with Crippen LogP contribution < -0.4 is 0 Å². The molecule has 5 nitrogen and oxygen atoms in total. The molecule has 0 N–H and O–H groups in total. The number of rotatable bonds is 4. The fraction of sp³-hybridized carbons (Fsp3) is 0.417. The van der Waals surface area contributed by atoms with Crippen LogP contribution in [0.1, 0.15) is 32.4 Å². The number of benzene rings is 1. The molecule has 0 radical (unpaired) electrons. The fourth-order valence-corrected chi connectivity index (χ4v) is 1.78. The van der Waals surface area contributed by atoms with Crippen molar-refractivity contribution in [3.05, 3.63) is 44.4 Å². The van der Waals surface area contributed by atoms with Crippen LogP contribution >= 0.6 is 15.9 Å². The van der Waals surface area contributed by atoms with Crippen molar-refractivity contribution < 1.29 is 14.5 Å². The van der Waals surface area contributed by atoms with Crippen LogP contribution in [0.3, 0.4) is 0 Å². The van der Waals surface area contributed by atoms with E-state index in [1.807, 2.05) is 0 Å². The Morgan fingerprint density at radius 1 is 1.39 bits per heavy atom. The number of nitro groups is 1. The third-order valence-electron chi connectivity index (χ3n) is 2.57. The van der Waals surface area contributed by atoms with Crippen LogP contribution in [-0.2, 0) is 9.53 Å². The third kappa shape index (κ3) is 3.29. The standard InChI is InChI=1S/C12H14BrNO4/c1-8(15)18-11(12(2,3)14(16)17)9-4-6-10(13)7-5-9/h4-7,11H,1-3H3. The highest BCUT2D eigenvalue weighted by molar-refractivity contribution is 9.10. The average molecular weight is 316 g/mol. The zero-order chi connectivity index (χ0) is 13.9. The number of ether oxygens (including phenoxy) is 1. The maximum Gasteiger partial charge on any atom is 0.303 e. The van der Waals surface area contributed by atoms with E-state index in [2.05, 4.69) is 15.9 Å². The fourth-order valence-electron chi connectivity index (χ4n) is 1.52. The van der Waals surface area contributed by atoms with E-state index in [0.29, 0.717) is 5.56 Å². The van der Waals surface area contributed by atoms with Crippen LogP contribution in [0.4, 0.5) is 0 Å². The Balaban J connectivity index is 3.17. The van der Waals surface area contributed by atoms with Gasteiger partial charge in [0.2, 0.25) is 0 Å². The summed E-state index contributed by atoms with van der Waals surface area (Å²) in [5.41, 5.74) is -0.797. The highest BCUT2D eigenvalue weighted by atomic mass is 79.9. The van der Waals surface area contributed by atoms with E-state index in [1.165, 1.54) is 20.8 Å². The minimum Gasteiger partial charge on any atom is -0.450 e. The van der Waals surface area contributed by atoms with Crippen molar-refractivity contribution in [3.63, 3.8) is 0 Å². The molecule has 0 amide bonds. The molecule has 6 heteroatoms. The first-order valence-corrected chi connectivity index (χ1v) is 6.11. The lowest BCUT2D eigenvalue weighted by Gasteiger charge is -2.26. The quantitative estimate of drug-likeness (QED) is 0.486. The largest absolute Gasteiger partial charge is 0.450 e. The van der Waals surface area contributed by atoms with E-state index in [4.69, 9.17) is 4.74 Å². The van der Waals surface area contributed by atoms with Gasteiger partial charge in [0.1, 0.15) is 0 Å². The molecule has 0 bridgehead atoms. The van der Waals surface area contributed by atoms with Gasteiger partial charge in [0.15, 0.2) is 6.10 Å². The molecule has 1 rings (SSSR count). The monoisotopic (exact) mass is 315 g/mol. The van der Waals surface area contributed by atoms with Crippen LogP contribution in [0.25, 0.3) is 0 Å². The maximum atomic E-state index is 11.1. The molecule has 98 valence electrons. The number of hydrogen-bond acceptors (Lipinski definition) is 4. The Labute approximate surface area is 113 Å². The van der Waals surface area contributed by atoms with Gasteiger partial charge >= 0.3 is 5.97 Å². The lowest BCUT2D eigenvalue weighted by Crippen LogP contribution is -2.40. The molecule has 1 atom stereocenters. The van der Waals surface area contributed by atoms with Gasteiger partial charge in [-0.15, -0.1) is 0 Å². The lowest BCUT2D eigenvalue weighted by molar-refractivity contribution is -0.574. The first kappa shape index (κ1) is 14.6. The molecule has 18 heavy (non-hydrogen) atoms. The number of carbonyl (C=O) groups is 1. The van der Waals surface area contributed by atoms with Crippen LogP contribution in [0.15, 0.2) is 28.7 Å². The Morgan fingerprint density at radius 2 is 1.89 bits per heavy atom. The van der Waals surface area contributed by atoms with Gasteiger partial charge in [-0.25, -0.2) is 0 Å².